The highest BCUT2D eigenvalue weighted by atomic mass is 32.2. The zero-order valence-corrected chi connectivity index (χ0v) is 14.8. The van der Waals surface area contributed by atoms with Crippen molar-refractivity contribution in [2.45, 2.75) is 6.92 Å². The Morgan fingerprint density at radius 2 is 1.80 bits per heavy atom. The van der Waals surface area contributed by atoms with Gasteiger partial charge < -0.3 is 10.0 Å². The molecule has 0 aliphatic carbocycles. The molecule has 0 radical (unpaired) electrons. The molecule has 3 rings (SSSR count). The number of hydrogen-bond acceptors (Lipinski definition) is 4. The van der Waals surface area contributed by atoms with Crippen LogP contribution >= 0.6 is 11.8 Å². The Kier molecular flexibility index (Phi) is 5.05. The molecule has 126 valence electrons. The molecule has 1 N–H and O–H groups in total. The summed E-state index contributed by atoms with van der Waals surface area (Å²) >= 11 is 1.35. The van der Waals surface area contributed by atoms with E-state index >= 15 is 0 Å². The molecular formula is C20H18N2O2S. The van der Waals surface area contributed by atoms with Gasteiger partial charge in [0.05, 0.1) is 4.91 Å². The van der Waals surface area contributed by atoms with Crippen molar-refractivity contribution < 1.29 is 9.90 Å². The molecule has 1 aliphatic heterocycles. The van der Waals surface area contributed by atoms with E-state index in [4.69, 9.17) is 0 Å². The first kappa shape index (κ1) is 17.0. The van der Waals surface area contributed by atoms with Gasteiger partial charge in [0.25, 0.3) is 5.91 Å². The van der Waals surface area contributed by atoms with Crippen LogP contribution in [0.3, 0.4) is 0 Å². The van der Waals surface area contributed by atoms with Gasteiger partial charge in [0.15, 0.2) is 5.17 Å². The van der Waals surface area contributed by atoms with Gasteiger partial charge in [0.1, 0.15) is 5.75 Å². The van der Waals surface area contributed by atoms with Crippen LogP contribution in [0.4, 0.5) is 5.69 Å². The molecule has 4 nitrogen and oxygen atoms in total. The van der Waals surface area contributed by atoms with E-state index in [0.29, 0.717) is 10.1 Å². The second-order valence-electron chi connectivity index (χ2n) is 5.68. The first-order valence-corrected chi connectivity index (χ1v) is 8.63. The number of amidine groups is 1. The minimum absolute atomic E-state index is 0.205. The zero-order valence-electron chi connectivity index (χ0n) is 14.0. The summed E-state index contributed by atoms with van der Waals surface area (Å²) < 4.78 is 0. The number of carbonyl (C=O) groups excluding carboxylic acids is 1. The molecule has 25 heavy (non-hydrogen) atoms. The van der Waals surface area contributed by atoms with E-state index in [1.807, 2.05) is 61.4 Å². The van der Waals surface area contributed by atoms with E-state index < -0.39 is 0 Å². The summed E-state index contributed by atoms with van der Waals surface area (Å²) in [6.45, 7) is 1.97. The minimum atomic E-state index is -0.230. The van der Waals surface area contributed by atoms with E-state index in [1.54, 1.807) is 24.3 Å². The number of carbonyl (C=O) groups is 1. The van der Waals surface area contributed by atoms with Crippen LogP contribution in [0.5, 0.6) is 5.75 Å². The maximum atomic E-state index is 12.2. The molecule has 1 heterocycles. The van der Waals surface area contributed by atoms with Crippen LogP contribution in [0.1, 0.15) is 12.5 Å². The average molecular weight is 350 g/mol. The number of aromatic hydroxyl groups is 1. The van der Waals surface area contributed by atoms with Gasteiger partial charge in [-0.1, -0.05) is 36.4 Å². The molecule has 0 atom stereocenters. The number of allylic oxidation sites excluding steroid dienone is 2. The van der Waals surface area contributed by atoms with Gasteiger partial charge in [0.2, 0.25) is 0 Å². The van der Waals surface area contributed by atoms with Crippen LogP contribution in [0.2, 0.25) is 0 Å². The third kappa shape index (κ3) is 4.19. The number of phenolic OH excluding ortho intramolecular Hbond substituents is 1. The number of hydrogen-bond donors (Lipinski definition) is 1. The predicted molar refractivity (Wildman–Crippen MR) is 105 cm³/mol. The number of rotatable bonds is 3. The van der Waals surface area contributed by atoms with Crippen LogP contribution in [0, 0.1) is 0 Å². The Hall–Kier alpha value is -2.79. The van der Waals surface area contributed by atoms with Crippen LogP contribution < -0.4 is 4.90 Å². The molecule has 0 fully saturated rings. The number of nitrogens with zero attached hydrogens (tertiary/aromatic N) is 2. The average Bonchev–Trinajstić information content (AvgIpc) is 2.96. The van der Waals surface area contributed by atoms with Gasteiger partial charge in [-0.05, 0) is 60.2 Å². The van der Waals surface area contributed by atoms with Crippen LogP contribution in [-0.2, 0) is 4.79 Å². The summed E-state index contributed by atoms with van der Waals surface area (Å²) in [5.41, 5.74) is 2.94. The van der Waals surface area contributed by atoms with Gasteiger partial charge in [-0.3, -0.25) is 4.79 Å². The van der Waals surface area contributed by atoms with Crippen molar-refractivity contribution in [2.75, 3.05) is 11.9 Å². The fourth-order valence-corrected chi connectivity index (χ4v) is 3.33. The summed E-state index contributed by atoms with van der Waals surface area (Å²) in [5, 5.41) is 10.0. The maximum absolute atomic E-state index is 12.2. The minimum Gasteiger partial charge on any atom is -0.508 e. The highest BCUT2D eigenvalue weighted by Crippen LogP contribution is 2.31. The molecular weight excluding hydrogens is 332 g/mol. The molecule has 0 aromatic heterocycles. The first-order valence-electron chi connectivity index (χ1n) is 7.81. The summed E-state index contributed by atoms with van der Waals surface area (Å²) in [7, 11) is 1.85. The van der Waals surface area contributed by atoms with Crippen molar-refractivity contribution in [3.8, 4) is 5.75 Å². The molecule has 0 spiro atoms. The molecule has 0 bridgehead atoms. The Labute approximate surface area is 151 Å². The van der Waals surface area contributed by atoms with Crippen molar-refractivity contribution in [1.29, 1.82) is 0 Å². The van der Waals surface area contributed by atoms with E-state index in [2.05, 4.69) is 4.99 Å². The number of amides is 1. The van der Waals surface area contributed by atoms with Crippen LogP contribution in [-0.4, -0.2) is 23.2 Å². The van der Waals surface area contributed by atoms with Crippen molar-refractivity contribution in [2.24, 2.45) is 4.99 Å². The molecule has 2 aromatic carbocycles. The third-order valence-electron chi connectivity index (χ3n) is 3.69. The lowest BCUT2D eigenvalue weighted by Gasteiger charge is -2.17. The fraction of sp³-hybridized carbons (Fsp3) is 0.100. The van der Waals surface area contributed by atoms with Crippen molar-refractivity contribution >= 4 is 34.6 Å². The normalized spacial score (nSPS) is 16.2. The molecule has 0 saturated heterocycles. The quantitative estimate of drug-likeness (QED) is 0.831. The molecule has 0 unspecified atom stereocenters. The Bertz CT molecular complexity index is 868. The first-order chi connectivity index (χ1) is 12.0. The molecule has 1 amide bonds. The molecule has 5 heteroatoms. The number of anilines is 1. The summed E-state index contributed by atoms with van der Waals surface area (Å²) in [6.07, 6.45) is 3.89. The van der Waals surface area contributed by atoms with Gasteiger partial charge in [-0.25, -0.2) is 0 Å². The van der Waals surface area contributed by atoms with Crippen molar-refractivity contribution in [3.63, 3.8) is 0 Å². The van der Waals surface area contributed by atoms with Crippen molar-refractivity contribution in [1.82, 2.24) is 0 Å². The van der Waals surface area contributed by atoms with E-state index in [0.717, 1.165) is 16.8 Å². The largest absolute Gasteiger partial charge is 0.508 e. The van der Waals surface area contributed by atoms with Crippen LogP contribution in [0.15, 0.2) is 76.1 Å². The second kappa shape index (κ2) is 7.40. The third-order valence-corrected chi connectivity index (χ3v) is 4.75. The van der Waals surface area contributed by atoms with E-state index in [-0.39, 0.29) is 11.7 Å². The number of aliphatic imine (C=N–C) groups is 1. The number of phenols is 1. The fourth-order valence-electron chi connectivity index (χ4n) is 2.39. The maximum Gasteiger partial charge on any atom is 0.286 e. The topological polar surface area (TPSA) is 52.9 Å². The van der Waals surface area contributed by atoms with E-state index in [9.17, 15) is 9.90 Å². The number of benzene rings is 2. The Balaban J connectivity index is 1.76. The zero-order chi connectivity index (χ0) is 17.8. The van der Waals surface area contributed by atoms with Gasteiger partial charge in [-0.2, -0.15) is 4.99 Å². The predicted octanol–water partition coefficient (Wildman–Crippen LogP) is 4.45. The summed E-state index contributed by atoms with van der Waals surface area (Å²) in [6, 6.07) is 16.8. The standard InChI is InChI=1S/C20H18N2O2S/c1-14(12-15-6-4-3-5-7-15)13-18-19(24)21-20(25-18)22(2)16-8-10-17(23)11-9-16/h3-13,23H,1-2H3/b14-12?,18-13+. The SMILES string of the molecule is CC(=Cc1ccccc1)/C=C1/SC(N(C)c2ccc(O)cc2)=NC1=O. The monoisotopic (exact) mass is 350 g/mol. The molecule has 0 saturated carbocycles. The highest BCUT2D eigenvalue weighted by Gasteiger charge is 2.25. The Morgan fingerprint density at radius 1 is 1.12 bits per heavy atom. The highest BCUT2D eigenvalue weighted by molar-refractivity contribution is 8.18. The van der Waals surface area contributed by atoms with Crippen molar-refractivity contribution in [3.05, 3.63) is 76.7 Å². The lowest BCUT2D eigenvalue weighted by Crippen LogP contribution is -2.21. The molecule has 2 aromatic rings. The summed E-state index contributed by atoms with van der Waals surface area (Å²) in [5.74, 6) is -0.0251. The van der Waals surface area contributed by atoms with Crippen LogP contribution in [0.25, 0.3) is 6.08 Å². The Morgan fingerprint density at radius 3 is 2.48 bits per heavy atom. The lowest BCUT2D eigenvalue weighted by molar-refractivity contribution is -0.113. The van der Waals surface area contributed by atoms with E-state index in [1.165, 1.54) is 11.8 Å². The lowest BCUT2D eigenvalue weighted by atomic mass is 10.1. The van der Waals surface area contributed by atoms with Gasteiger partial charge in [0, 0.05) is 12.7 Å². The molecule has 1 aliphatic rings. The number of thioether (sulfide) groups is 1. The smallest absolute Gasteiger partial charge is 0.286 e. The summed E-state index contributed by atoms with van der Waals surface area (Å²) in [4.78, 5) is 18.8. The second-order valence-corrected chi connectivity index (χ2v) is 6.69. The van der Waals surface area contributed by atoms with Gasteiger partial charge >= 0.3 is 0 Å². The van der Waals surface area contributed by atoms with Gasteiger partial charge in [-0.15, -0.1) is 0 Å².